The maximum atomic E-state index is 13.2. The summed E-state index contributed by atoms with van der Waals surface area (Å²) in [5, 5.41) is 3.39. The predicted molar refractivity (Wildman–Crippen MR) is 141 cm³/mol. The van der Waals surface area contributed by atoms with Crippen molar-refractivity contribution in [1.29, 1.82) is 0 Å². The third-order valence-electron chi connectivity index (χ3n) is 5.14. The topological polar surface area (TPSA) is 97.3 Å². The number of halogens is 1. The number of benzene rings is 3. The minimum absolute atomic E-state index is 0.0119. The van der Waals surface area contributed by atoms with E-state index in [0.717, 1.165) is 16.9 Å². The summed E-state index contributed by atoms with van der Waals surface area (Å²) in [7, 11) is -4.03. The van der Waals surface area contributed by atoms with Crippen molar-refractivity contribution in [2.24, 2.45) is 0 Å². The Morgan fingerprint density at radius 1 is 1.03 bits per heavy atom. The number of hydrogen-bond donors (Lipinski definition) is 2. The number of para-hydroxylation sites is 1. The summed E-state index contributed by atoms with van der Waals surface area (Å²) < 4.78 is 31.0. The van der Waals surface area contributed by atoms with E-state index in [2.05, 4.69) is 10.0 Å². The SMILES string of the molecule is CC(C)(C)NC(=O)c1ccccc1NS(=O)(=O)c1ccc2c(c1)sc(=O)n2Cc1ccccc1Cl. The molecule has 35 heavy (non-hydrogen) atoms. The van der Waals surface area contributed by atoms with Crippen LogP contribution < -0.4 is 14.9 Å². The first-order valence-corrected chi connectivity index (χ1v) is 13.4. The Morgan fingerprint density at radius 3 is 2.43 bits per heavy atom. The summed E-state index contributed by atoms with van der Waals surface area (Å²) in [5.74, 6) is -0.388. The van der Waals surface area contributed by atoms with E-state index in [1.807, 2.05) is 39.0 Å². The highest BCUT2D eigenvalue weighted by Gasteiger charge is 2.22. The standard InChI is InChI=1S/C25H24ClN3O4S2/c1-25(2,3)27-23(30)18-9-5-7-11-20(18)28-35(32,33)17-12-13-21-22(14-17)34-24(31)29(21)15-16-8-4-6-10-19(16)26/h4-14,28H,15H2,1-3H3,(H,27,30). The number of nitrogens with zero attached hydrogens (tertiary/aromatic N) is 1. The molecule has 0 saturated heterocycles. The van der Waals surface area contributed by atoms with Crippen molar-refractivity contribution < 1.29 is 13.2 Å². The quantitative estimate of drug-likeness (QED) is 0.363. The Balaban J connectivity index is 1.66. The maximum absolute atomic E-state index is 13.2. The van der Waals surface area contributed by atoms with E-state index in [9.17, 15) is 18.0 Å². The smallest absolute Gasteiger partial charge is 0.308 e. The second-order valence-corrected chi connectivity index (χ2v) is 12.1. The van der Waals surface area contributed by atoms with Gasteiger partial charge in [-0.3, -0.25) is 18.9 Å². The molecule has 0 fully saturated rings. The van der Waals surface area contributed by atoms with Gasteiger partial charge in [-0.1, -0.05) is 53.3 Å². The number of sulfonamides is 1. The van der Waals surface area contributed by atoms with Crippen LogP contribution in [0.1, 0.15) is 36.7 Å². The Hall–Kier alpha value is -3.14. The summed E-state index contributed by atoms with van der Waals surface area (Å²) in [4.78, 5) is 25.1. The summed E-state index contributed by atoms with van der Waals surface area (Å²) in [5.41, 5.74) is 1.30. The van der Waals surface area contributed by atoms with Crippen LogP contribution in [0.25, 0.3) is 10.2 Å². The summed E-state index contributed by atoms with van der Waals surface area (Å²) in [6, 6.07) is 18.2. The molecule has 3 aromatic carbocycles. The van der Waals surface area contributed by atoms with Gasteiger partial charge in [0.05, 0.1) is 32.9 Å². The zero-order chi connectivity index (χ0) is 25.4. The lowest BCUT2D eigenvalue weighted by Crippen LogP contribution is -2.40. The fourth-order valence-corrected chi connectivity index (χ4v) is 5.85. The van der Waals surface area contributed by atoms with Crippen LogP contribution in [-0.4, -0.2) is 24.4 Å². The predicted octanol–water partition coefficient (Wildman–Crippen LogP) is 5.09. The Labute approximate surface area is 212 Å². The van der Waals surface area contributed by atoms with Gasteiger partial charge in [-0.25, -0.2) is 8.42 Å². The lowest BCUT2D eigenvalue weighted by atomic mass is 10.1. The number of amides is 1. The molecule has 10 heteroatoms. The van der Waals surface area contributed by atoms with E-state index in [-0.39, 0.29) is 33.5 Å². The second-order valence-electron chi connectivity index (χ2n) is 9.03. The summed E-state index contributed by atoms with van der Waals surface area (Å²) in [6.45, 7) is 5.81. The highest BCUT2D eigenvalue weighted by atomic mass is 35.5. The molecule has 0 aliphatic heterocycles. The highest BCUT2D eigenvalue weighted by Crippen LogP contribution is 2.26. The third kappa shape index (κ3) is 5.58. The lowest BCUT2D eigenvalue weighted by molar-refractivity contribution is 0.0920. The van der Waals surface area contributed by atoms with Crippen LogP contribution in [0.15, 0.2) is 76.4 Å². The fourth-order valence-electron chi connectivity index (χ4n) is 3.54. The van der Waals surface area contributed by atoms with Gasteiger partial charge in [-0.15, -0.1) is 0 Å². The molecule has 0 bridgehead atoms. The highest BCUT2D eigenvalue weighted by molar-refractivity contribution is 7.92. The zero-order valence-electron chi connectivity index (χ0n) is 19.3. The van der Waals surface area contributed by atoms with Crippen molar-refractivity contribution in [3.63, 3.8) is 0 Å². The molecule has 7 nitrogen and oxygen atoms in total. The number of rotatable bonds is 6. The first-order chi connectivity index (χ1) is 16.4. The monoisotopic (exact) mass is 529 g/mol. The van der Waals surface area contributed by atoms with Gasteiger partial charge in [0, 0.05) is 10.6 Å². The van der Waals surface area contributed by atoms with Crippen molar-refractivity contribution in [3.8, 4) is 0 Å². The van der Waals surface area contributed by atoms with Crippen molar-refractivity contribution in [2.45, 2.75) is 37.8 Å². The van der Waals surface area contributed by atoms with Crippen LogP contribution in [0.3, 0.4) is 0 Å². The summed E-state index contributed by atoms with van der Waals surface area (Å²) in [6.07, 6.45) is 0. The van der Waals surface area contributed by atoms with Crippen LogP contribution in [0.5, 0.6) is 0 Å². The van der Waals surface area contributed by atoms with Crippen LogP contribution in [0.2, 0.25) is 5.02 Å². The summed E-state index contributed by atoms with van der Waals surface area (Å²) >= 11 is 7.21. The Morgan fingerprint density at radius 2 is 1.71 bits per heavy atom. The van der Waals surface area contributed by atoms with Gasteiger partial charge < -0.3 is 5.32 Å². The minimum atomic E-state index is -4.03. The maximum Gasteiger partial charge on any atom is 0.308 e. The average Bonchev–Trinajstić information content (AvgIpc) is 3.08. The molecule has 1 heterocycles. The number of fused-ring (bicyclic) bond motifs is 1. The molecular weight excluding hydrogens is 506 g/mol. The molecule has 4 rings (SSSR count). The molecule has 2 N–H and O–H groups in total. The number of hydrogen-bond acceptors (Lipinski definition) is 5. The van der Waals surface area contributed by atoms with E-state index in [0.29, 0.717) is 15.2 Å². The normalized spacial score (nSPS) is 12.0. The van der Waals surface area contributed by atoms with Gasteiger partial charge in [-0.05, 0) is 62.7 Å². The van der Waals surface area contributed by atoms with Gasteiger partial charge in [-0.2, -0.15) is 0 Å². The van der Waals surface area contributed by atoms with Crippen LogP contribution in [-0.2, 0) is 16.6 Å². The zero-order valence-corrected chi connectivity index (χ0v) is 21.7. The van der Waals surface area contributed by atoms with Crippen molar-refractivity contribution in [3.05, 3.63) is 92.5 Å². The van der Waals surface area contributed by atoms with Gasteiger partial charge in [0.1, 0.15) is 0 Å². The van der Waals surface area contributed by atoms with Crippen molar-refractivity contribution >= 4 is 54.8 Å². The molecule has 0 unspecified atom stereocenters. The van der Waals surface area contributed by atoms with Crippen molar-refractivity contribution in [1.82, 2.24) is 9.88 Å². The molecule has 182 valence electrons. The van der Waals surface area contributed by atoms with E-state index < -0.39 is 15.6 Å². The number of carbonyl (C=O) groups excluding carboxylic acids is 1. The van der Waals surface area contributed by atoms with E-state index >= 15 is 0 Å². The minimum Gasteiger partial charge on any atom is -0.347 e. The molecular formula is C25H24ClN3O4S2. The Bertz CT molecular complexity index is 1580. The molecule has 0 aliphatic carbocycles. The molecule has 1 amide bonds. The number of nitrogens with one attached hydrogen (secondary N) is 2. The third-order valence-corrected chi connectivity index (χ3v) is 7.81. The molecule has 0 radical (unpaired) electrons. The number of anilines is 1. The molecule has 4 aromatic rings. The van der Waals surface area contributed by atoms with Gasteiger partial charge >= 0.3 is 4.87 Å². The van der Waals surface area contributed by atoms with Crippen LogP contribution >= 0.6 is 22.9 Å². The van der Waals surface area contributed by atoms with Gasteiger partial charge in [0.2, 0.25) is 0 Å². The van der Waals surface area contributed by atoms with E-state index in [4.69, 9.17) is 11.6 Å². The number of carbonyl (C=O) groups is 1. The molecule has 0 saturated carbocycles. The van der Waals surface area contributed by atoms with Crippen molar-refractivity contribution in [2.75, 3.05) is 4.72 Å². The second kappa shape index (κ2) is 9.49. The van der Waals surface area contributed by atoms with E-state index in [1.54, 1.807) is 34.9 Å². The van der Waals surface area contributed by atoms with Gasteiger partial charge in [0.15, 0.2) is 0 Å². The van der Waals surface area contributed by atoms with Crippen LogP contribution in [0, 0.1) is 0 Å². The van der Waals surface area contributed by atoms with Gasteiger partial charge in [0.25, 0.3) is 15.9 Å². The number of aromatic nitrogens is 1. The van der Waals surface area contributed by atoms with E-state index in [1.165, 1.54) is 18.2 Å². The molecule has 0 atom stereocenters. The first kappa shape index (κ1) is 25.0. The Kier molecular flexibility index (Phi) is 6.77. The first-order valence-electron chi connectivity index (χ1n) is 10.8. The lowest BCUT2D eigenvalue weighted by Gasteiger charge is -2.21. The van der Waals surface area contributed by atoms with Crippen LogP contribution in [0.4, 0.5) is 5.69 Å². The average molecular weight is 530 g/mol. The molecule has 0 aliphatic rings. The number of thiazole rings is 1. The fraction of sp³-hybridized carbons (Fsp3) is 0.200. The molecule has 1 aromatic heterocycles. The largest absolute Gasteiger partial charge is 0.347 e. The molecule has 0 spiro atoms.